The lowest BCUT2D eigenvalue weighted by Crippen LogP contribution is -2.48. The Hall–Kier alpha value is -2.44. The number of piperazine rings is 1. The van der Waals surface area contributed by atoms with E-state index in [-0.39, 0.29) is 35.8 Å². The summed E-state index contributed by atoms with van der Waals surface area (Å²) in [5.74, 6) is -0.864. The lowest BCUT2D eigenvalue weighted by Gasteiger charge is -2.37. The van der Waals surface area contributed by atoms with Gasteiger partial charge in [0.2, 0.25) is 5.91 Å². The van der Waals surface area contributed by atoms with Crippen LogP contribution in [0.4, 0.5) is 10.1 Å². The van der Waals surface area contributed by atoms with Crippen molar-refractivity contribution in [2.24, 2.45) is 0 Å². The summed E-state index contributed by atoms with van der Waals surface area (Å²) < 4.78 is 14.6. The SMILES string of the molecule is CCc1ccc(C2CNCCN2C(=O)c2cc(N3CCCC3=O)ccc2F)cc1.Cl. The predicted octanol–water partition coefficient (Wildman–Crippen LogP) is 3.72. The van der Waals surface area contributed by atoms with Gasteiger partial charge in [-0.1, -0.05) is 31.2 Å². The molecule has 0 saturated carbocycles. The highest BCUT2D eigenvalue weighted by molar-refractivity contribution is 5.99. The number of benzene rings is 2. The van der Waals surface area contributed by atoms with Crippen LogP contribution in [0.5, 0.6) is 0 Å². The number of hydrogen-bond donors (Lipinski definition) is 1. The molecule has 1 N–H and O–H groups in total. The monoisotopic (exact) mass is 431 g/mol. The van der Waals surface area contributed by atoms with Crippen LogP contribution in [0.3, 0.4) is 0 Å². The second kappa shape index (κ2) is 9.58. The topological polar surface area (TPSA) is 52.7 Å². The van der Waals surface area contributed by atoms with E-state index in [0.717, 1.165) is 18.4 Å². The van der Waals surface area contributed by atoms with E-state index in [9.17, 15) is 14.0 Å². The van der Waals surface area contributed by atoms with E-state index in [1.54, 1.807) is 15.9 Å². The second-order valence-electron chi connectivity index (χ2n) is 7.63. The minimum absolute atomic E-state index is 0. The van der Waals surface area contributed by atoms with E-state index >= 15 is 0 Å². The molecule has 2 aliphatic rings. The first-order valence-corrected chi connectivity index (χ1v) is 10.3. The fourth-order valence-corrected chi connectivity index (χ4v) is 4.14. The molecule has 4 rings (SSSR count). The zero-order valence-corrected chi connectivity index (χ0v) is 17.9. The maximum absolute atomic E-state index is 14.6. The molecule has 2 aromatic rings. The van der Waals surface area contributed by atoms with E-state index in [2.05, 4.69) is 24.4 Å². The van der Waals surface area contributed by atoms with Gasteiger partial charge >= 0.3 is 0 Å². The summed E-state index contributed by atoms with van der Waals surface area (Å²) in [6, 6.07) is 12.5. The minimum Gasteiger partial charge on any atom is -0.329 e. The third-order valence-corrected chi connectivity index (χ3v) is 5.84. The molecule has 1 unspecified atom stereocenters. The first kappa shape index (κ1) is 22.2. The molecule has 7 heteroatoms. The summed E-state index contributed by atoms with van der Waals surface area (Å²) in [5.41, 5.74) is 2.90. The molecule has 2 fully saturated rings. The third kappa shape index (κ3) is 4.35. The molecule has 0 aromatic heterocycles. The summed E-state index contributed by atoms with van der Waals surface area (Å²) in [6.07, 6.45) is 2.24. The van der Waals surface area contributed by atoms with Crippen molar-refractivity contribution in [3.05, 3.63) is 65.0 Å². The summed E-state index contributed by atoms with van der Waals surface area (Å²) in [4.78, 5) is 28.8. The highest BCUT2D eigenvalue weighted by Gasteiger charge is 2.31. The Labute approximate surface area is 182 Å². The summed E-state index contributed by atoms with van der Waals surface area (Å²) in [7, 11) is 0. The lowest BCUT2D eigenvalue weighted by molar-refractivity contribution is -0.117. The van der Waals surface area contributed by atoms with Crippen LogP contribution in [0.1, 0.15) is 47.3 Å². The molecule has 2 aromatic carbocycles. The molecule has 160 valence electrons. The smallest absolute Gasteiger partial charge is 0.257 e. The molecule has 2 amide bonds. The standard InChI is InChI=1S/C23H26FN3O2.ClH/c1-2-16-5-7-17(8-6-16)21-15-25-11-13-27(21)23(29)19-14-18(9-10-20(19)24)26-12-3-4-22(26)28;/h5-10,14,21,25H,2-4,11-13,15H2,1H3;1H. The molecule has 0 spiro atoms. The number of nitrogens with one attached hydrogen (secondary N) is 1. The molecular weight excluding hydrogens is 405 g/mol. The van der Waals surface area contributed by atoms with Crippen LogP contribution in [-0.2, 0) is 11.2 Å². The molecule has 2 saturated heterocycles. The first-order valence-electron chi connectivity index (χ1n) is 10.3. The van der Waals surface area contributed by atoms with Crippen LogP contribution >= 0.6 is 12.4 Å². The van der Waals surface area contributed by atoms with Gasteiger partial charge in [-0.05, 0) is 42.2 Å². The summed E-state index contributed by atoms with van der Waals surface area (Å²) in [5, 5.41) is 3.33. The summed E-state index contributed by atoms with van der Waals surface area (Å²) >= 11 is 0. The van der Waals surface area contributed by atoms with Crippen LogP contribution in [0.25, 0.3) is 0 Å². The largest absolute Gasteiger partial charge is 0.329 e. The molecule has 5 nitrogen and oxygen atoms in total. The van der Waals surface area contributed by atoms with Crippen molar-refractivity contribution < 1.29 is 14.0 Å². The van der Waals surface area contributed by atoms with E-state index in [1.165, 1.54) is 17.7 Å². The van der Waals surface area contributed by atoms with Crippen molar-refractivity contribution in [1.82, 2.24) is 10.2 Å². The van der Waals surface area contributed by atoms with Crippen molar-refractivity contribution >= 4 is 29.9 Å². The molecule has 2 heterocycles. The van der Waals surface area contributed by atoms with Crippen LogP contribution in [0, 0.1) is 5.82 Å². The Morgan fingerprint density at radius 2 is 1.93 bits per heavy atom. The number of nitrogens with zero attached hydrogens (tertiary/aromatic N) is 2. The lowest BCUT2D eigenvalue weighted by atomic mass is 9.99. The number of rotatable bonds is 4. The van der Waals surface area contributed by atoms with E-state index in [4.69, 9.17) is 0 Å². The van der Waals surface area contributed by atoms with Crippen molar-refractivity contribution in [3.8, 4) is 0 Å². The van der Waals surface area contributed by atoms with Gasteiger partial charge in [0.1, 0.15) is 5.82 Å². The maximum Gasteiger partial charge on any atom is 0.257 e. The van der Waals surface area contributed by atoms with Crippen molar-refractivity contribution in [3.63, 3.8) is 0 Å². The molecule has 0 radical (unpaired) electrons. The first-order chi connectivity index (χ1) is 14.1. The Kier molecular flexibility index (Phi) is 7.10. The third-order valence-electron chi connectivity index (χ3n) is 5.84. The van der Waals surface area contributed by atoms with Gasteiger partial charge in [-0.25, -0.2) is 4.39 Å². The number of carbonyl (C=O) groups is 2. The number of anilines is 1. The highest BCUT2D eigenvalue weighted by Crippen LogP contribution is 2.28. The van der Waals surface area contributed by atoms with E-state index in [1.807, 2.05) is 12.1 Å². The number of amides is 2. The fraction of sp³-hybridized carbons (Fsp3) is 0.391. The molecule has 1 atom stereocenters. The Morgan fingerprint density at radius 3 is 2.60 bits per heavy atom. The van der Waals surface area contributed by atoms with Crippen LogP contribution in [0.15, 0.2) is 42.5 Å². The fourth-order valence-electron chi connectivity index (χ4n) is 4.14. The van der Waals surface area contributed by atoms with Crippen molar-refractivity contribution in [2.45, 2.75) is 32.2 Å². The summed E-state index contributed by atoms with van der Waals surface area (Å²) in [6.45, 7) is 4.52. The zero-order chi connectivity index (χ0) is 20.4. The normalized spacial score (nSPS) is 19.0. The highest BCUT2D eigenvalue weighted by atomic mass is 35.5. The quantitative estimate of drug-likeness (QED) is 0.802. The van der Waals surface area contributed by atoms with E-state index < -0.39 is 5.82 Å². The average molecular weight is 432 g/mol. The van der Waals surface area contributed by atoms with Crippen molar-refractivity contribution in [1.29, 1.82) is 0 Å². The Morgan fingerprint density at radius 1 is 1.17 bits per heavy atom. The molecular formula is C23H27ClFN3O2. The van der Waals surface area contributed by atoms with E-state index in [0.29, 0.717) is 38.3 Å². The van der Waals surface area contributed by atoms with Gasteiger partial charge in [-0.2, -0.15) is 0 Å². The van der Waals surface area contributed by atoms with Gasteiger partial charge in [-0.15, -0.1) is 12.4 Å². The van der Waals surface area contributed by atoms with Crippen molar-refractivity contribution in [2.75, 3.05) is 31.1 Å². The zero-order valence-electron chi connectivity index (χ0n) is 17.1. The number of carbonyl (C=O) groups excluding carboxylic acids is 2. The molecule has 0 aliphatic carbocycles. The number of hydrogen-bond acceptors (Lipinski definition) is 3. The molecule has 0 bridgehead atoms. The number of halogens is 2. The average Bonchev–Trinajstić information content (AvgIpc) is 3.19. The van der Waals surface area contributed by atoms with Crippen LogP contribution in [-0.4, -0.2) is 42.9 Å². The van der Waals surface area contributed by atoms with Gasteiger partial charge in [0.05, 0.1) is 11.6 Å². The van der Waals surface area contributed by atoms with Gasteiger partial charge < -0.3 is 15.1 Å². The van der Waals surface area contributed by atoms with Gasteiger partial charge in [0, 0.05) is 38.3 Å². The number of aryl methyl sites for hydroxylation is 1. The molecule has 30 heavy (non-hydrogen) atoms. The second-order valence-corrected chi connectivity index (χ2v) is 7.63. The Bertz CT molecular complexity index is 919. The Balaban J connectivity index is 0.00000256. The minimum atomic E-state index is -0.552. The van der Waals surface area contributed by atoms with Gasteiger partial charge in [-0.3, -0.25) is 9.59 Å². The van der Waals surface area contributed by atoms with Crippen LogP contribution in [0.2, 0.25) is 0 Å². The van der Waals surface area contributed by atoms with Gasteiger partial charge in [0.15, 0.2) is 0 Å². The van der Waals surface area contributed by atoms with Gasteiger partial charge in [0.25, 0.3) is 5.91 Å². The molecule has 2 aliphatic heterocycles. The maximum atomic E-state index is 14.6. The van der Waals surface area contributed by atoms with Crippen LogP contribution < -0.4 is 10.2 Å². The predicted molar refractivity (Wildman–Crippen MR) is 118 cm³/mol.